The van der Waals surface area contributed by atoms with Gasteiger partial charge < -0.3 is 4.90 Å². The van der Waals surface area contributed by atoms with E-state index < -0.39 is 38.7 Å². The van der Waals surface area contributed by atoms with Crippen molar-refractivity contribution in [1.29, 1.82) is 0 Å². The molecule has 5 nitrogen and oxygen atoms in total. The zero-order valence-electron chi connectivity index (χ0n) is 12.1. The smallest absolute Gasteiger partial charge is 0.238 e. The molecule has 8 heteroatoms. The third-order valence-corrected chi connectivity index (χ3v) is 5.82. The van der Waals surface area contributed by atoms with Gasteiger partial charge in [-0.3, -0.25) is 4.79 Å². The molecule has 0 spiro atoms. The summed E-state index contributed by atoms with van der Waals surface area (Å²) >= 11 is 0. The van der Waals surface area contributed by atoms with Gasteiger partial charge in [0.1, 0.15) is 11.6 Å². The molecule has 1 unspecified atom stereocenters. The first kappa shape index (κ1) is 15.8. The maximum atomic E-state index is 13.9. The van der Waals surface area contributed by atoms with Crippen molar-refractivity contribution >= 4 is 21.6 Å². The molecular weight excluding hydrogens is 302 g/mol. The molecule has 0 saturated heterocycles. The lowest BCUT2D eigenvalue weighted by Crippen LogP contribution is -2.44. The van der Waals surface area contributed by atoms with E-state index in [1.807, 2.05) is 0 Å². The Morgan fingerprint density at radius 3 is 2.38 bits per heavy atom. The molecule has 1 heterocycles. The van der Waals surface area contributed by atoms with Gasteiger partial charge in [0.15, 0.2) is 0 Å². The summed E-state index contributed by atoms with van der Waals surface area (Å²) in [6.07, 6.45) is 0. The van der Waals surface area contributed by atoms with Gasteiger partial charge in [-0.15, -0.1) is 0 Å². The Balaban J connectivity index is 2.65. The van der Waals surface area contributed by atoms with Gasteiger partial charge in [-0.2, -0.15) is 0 Å². The lowest BCUT2D eigenvalue weighted by molar-refractivity contribution is -0.121. The van der Waals surface area contributed by atoms with Crippen LogP contribution in [-0.2, 0) is 20.2 Å². The Kier molecular flexibility index (Phi) is 3.57. The number of halogens is 2. The van der Waals surface area contributed by atoms with Crippen molar-refractivity contribution in [2.45, 2.75) is 12.3 Å². The highest BCUT2D eigenvalue weighted by Crippen LogP contribution is 2.43. The van der Waals surface area contributed by atoms with Crippen LogP contribution in [0.4, 0.5) is 14.5 Å². The summed E-state index contributed by atoms with van der Waals surface area (Å²) in [4.78, 5) is 13.4. The van der Waals surface area contributed by atoms with E-state index in [1.54, 1.807) is 0 Å². The molecule has 1 aromatic rings. The number of anilines is 1. The third kappa shape index (κ3) is 2.32. The second kappa shape index (κ2) is 4.74. The lowest BCUT2D eigenvalue weighted by atomic mass is 9.86. The van der Waals surface area contributed by atoms with Crippen LogP contribution < -0.4 is 4.90 Å². The van der Waals surface area contributed by atoms with Crippen LogP contribution in [0.2, 0.25) is 0 Å². The van der Waals surface area contributed by atoms with E-state index >= 15 is 0 Å². The number of rotatable bonds is 3. The number of nitrogens with zero attached hydrogens (tertiary/aromatic N) is 2. The van der Waals surface area contributed by atoms with Gasteiger partial charge >= 0.3 is 0 Å². The van der Waals surface area contributed by atoms with Gasteiger partial charge in [0, 0.05) is 27.2 Å². The van der Waals surface area contributed by atoms with Crippen molar-refractivity contribution in [2.24, 2.45) is 0 Å². The molecule has 1 atom stereocenters. The van der Waals surface area contributed by atoms with Crippen LogP contribution >= 0.6 is 0 Å². The zero-order valence-corrected chi connectivity index (χ0v) is 13.0. The predicted molar refractivity (Wildman–Crippen MR) is 74.6 cm³/mol. The second-order valence-corrected chi connectivity index (χ2v) is 7.70. The molecule has 0 aliphatic carbocycles. The number of hydrogen-bond acceptors (Lipinski definition) is 3. The Morgan fingerprint density at radius 1 is 1.29 bits per heavy atom. The highest BCUT2D eigenvalue weighted by molar-refractivity contribution is 7.89. The molecule has 0 saturated carbocycles. The minimum atomic E-state index is -3.72. The predicted octanol–water partition coefficient (Wildman–Crippen LogP) is 1.09. The molecule has 0 fully saturated rings. The summed E-state index contributed by atoms with van der Waals surface area (Å²) in [6.45, 7) is 1.39. The van der Waals surface area contributed by atoms with Crippen molar-refractivity contribution in [3.8, 4) is 0 Å². The summed E-state index contributed by atoms with van der Waals surface area (Å²) < 4.78 is 52.6. The van der Waals surface area contributed by atoms with Crippen LogP contribution in [0.15, 0.2) is 12.1 Å². The standard InChI is InChI=1S/C13H16F2N2O3S/c1-13(7-21(19,20)16(2)3)9-5-8(14)6-10(15)11(9)17(4)12(13)18/h5-6H,7H2,1-4H3. The molecule has 0 aromatic heterocycles. The van der Waals surface area contributed by atoms with Gasteiger partial charge in [0.05, 0.1) is 16.9 Å². The SMILES string of the molecule is CN1C(=O)C(C)(CS(=O)(=O)N(C)C)c2cc(F)cc(F)c21. The van der Waals surface area contributed by atoms with Crippen LogP contribution in [0.25, 0.3) is 0 Å². The Morgan fingerprint density at radius 2 is 1.86 bits per heavy atom. The van der Waals surface area contributed by atoms with E-state index in [4.69, 9.17) is 0 Å². The maximum absolute atomic E-state index is 13.9. The second-order valence-electron chi connectivity index (χ2n) is 5.52. The van der Waals surface area contributed by atoms with Crippen LogP contribution in [-0.4, -0.2) is 45.5 Å². The van der Waals surface area contributed by atoms with E-state index in [0.29, 0.717) is 6.07 Å². The van der Waals surface area contributed by atoms with Crippen molar-refractivity contribution in [3.63, 3.8) is 0 Å². The summed E-state index contributed by atoms with van der Waals surface area (Å²) in [5, 5.41) is 0. The highest BCUT2D eigenvalue weighted by atomic mass is 32.2. The molecule has 0 bridgehead atoms. The first-order chi connectivity index (χ1) is 9.50. The Hall–Kier alpha value is -1.54. The normalized spacial score (nSPS) is 22.0. The Labute approximate surface area is 122 Å². The van der Waals surface area contributed by atoms with Crippen LogP contribution in [0.1, 0.15) is 12.5 Å². The van der Waals surface area contributed by atoms with Crippen LogP contribution in [0.5, 0.6) is 0 Å². The average molecular weight is 318 g/mol. The quantitative estimate of drug-likeness (QED) is 0.838. The molecule has 1 aliphatic rings. The number of likely N-dealkylation sites (N-methyl/N-ethyl adjacent to an activating group) is 1. The number of amides is 1. The molecule has 2 rings (SSSR count). The van der Waals surface area contributed by atoms with E-state index in [2.05, 4.69) is 0 Å². The highest BCUT2D eigenvalue weighted by Gasteiger charge is 2.50. The monoisotopic (exact) mass is 318 g/mol. The van der Waals surface area contributed by atoms with Crippen molar-refractivity contribution < 1.29 is 22.0 Å². The molecule has 1 aliphatic heterocycles. The van der Waals surface area contributed by atoms with Gasteiger partial charge in [0.25, 0.3) is 0 Å². The van der Waals surface area contributed by atoms with Gasteiger partial charge in [-0.25, -0.2) is 21.5 Å². The van der Waals surface area contributed by atoms with Gasteiger partial charge in [-0.1, -0.05) is 0 Å². The Bertz CT molecular complexity index is 718. The first-order valence-corrected chi connectivity index (χ1v) is 7.79. The molecule has 116 valence electrons. The minimum Gasteiger partial charge on any atom is -0.312 e. The fraction of sp³-hybridized carbons (Fsp3) is 0.462. The minimum absolute atomic E-state index is 0.0536. The average Bonchev–Trinajstić information content (AvgIpc) is 2.51. The number of sulfonamides is 1. The number of benzene rings is 1. The molecule has 1 amide bonds. The summed E-state index contributed by atoms with van der Waals surface area (Å²) in [7, 11) is 0.303. The fourth-order valence-corrected chi connectivity index (χ4v) is 3.81. The maximum Gasteiger partial charge on any atom is 0.238 e. The summed E-state index contributed by atoms with van der Waals surface area (Å²) in [6, 6.07) is 1.69. The molecular formula is C13H16F2N2O3S. The number of fused-ring (bicyclic) bond motifs is 1. The molecule has 0 radical (unpaired) electrons. The first-order valence-electron chi connectivity index (χ1n) is 6.18. The number of carbonyl (C=O) groups is 1. The molecule has 1 aromatic carbocycles. The fourth-order valence-electron chi connectivity index (χ4n) is 2.55. The number of carbonyl (C=O) groups excluding carboxylic acids is 1. The van der Waals surface area contributed by atoms with Crippen molar-refractivity contribution in [2.75, 3.05) is 31.8 Å². The zero-order chi connectivity index (χ0) is 16.2. The van der Waals surface area contributed by atoms with Crippen molar-refractivity contribution in [3.05, 3.63) is 29.3 Å². The van der Waals surface area contributed by atoms with E-state index in [-0.39, 0.29) is 11.3 Å². The largest absolute Gasteiger partial charge is 0.312 e. The summed E-state index contributed by atoms with van der Waals surface area (Å²) in [5.41, 5.74) is -1.54. The summed E-state index contributed by atoms with van der Waals surface area (Å²) in [5.74, 6) is -2.85. The topological polar surface area (TPSA) is 57.7 Å². The molecule has 0 N–H and O–H groups in total. The van der Waals surface area contributed by atoms with E-state index in [9.17, 15) is 22.0 Å². The van der Waals surface area contributed by atoms with E-state index in [0.717, 1.165) is 15.3 Å². The number of hydrogen-bond donors (Lipinski definition) is 0. The van der Waals surface area contributed by atoms with E-state index in [1.165, 1.54) is 28.1 Å². The van der Waals surface area contributed by atoms with Gasteiger partial charge in [-0.05, 0) is 18.6 Å². The molecule has 21 heavy (non-hydrogen) atoms. The van der Waals surface area contributed by atoms with Gasteiger partial charge in [0.2, 0.25) is 15.9 Å². The third-order valence-electron chi connectivity index (χ3n) is 3.76. The van der Waals surface area contributed by atoms with Crippen molar-refractivity contribution in [1.82, 2.24) is 4.31 Å². The lowest BCUT2D eigenvalue weighted by Gasteiger charge is -2.24. The van der Waals surface area contributed by atoms with Crippen LogP contribution in [0.3, 0.4) is 0 Å². The van der Waals surface area contributed by atoms with Crippen LogP contribution in [0, 0.1) is 11.6 Å².